The summed E-state index contributed by atoms with van der Waals surface area (Å²) in [5.74, 6) is 0.361. The van der Waals surface area contributed by atoms with Gasteiger partial charge in [0.1, 0.15) is 16.7 Å². The average molecular weight is 529 g/mol. The van der Waals surface area contributed by atoms with Crippen LogP contribution in [0.5, 0.6) is 0 Å². The van der Waals surface area contributed by atoms with Crippen molar-refractivity contribution in [2.75, 3.05) is 16.0 Å². The van der Waals surface area contributed by atoms with Crippen molar-refractivity contribution < 1.29 is 19.5 Å². The van der Waals surface area contributed by atoms with E-state index in [0.29, 0.717) is 28.1 Å². The highest BCUT2D eigenvalue weighted by Crippen LogP contribution is 2.40. The van der Waals surface area contributed by atoms with Crippen molar-refractivity contribution >= 4 is 57.9 Å². The number of carboxylic acids is 1. The third-order valence-corrected chi connectivity index (χ3v) is 8.70. The van der Waals surface area contributed by atoms with Gasteiger partial charge in [0.25, 0.3) is 5.91 Å². The van der Waals surface area contributed by atoms with Crippen molar-refractivity contribution in [3.05, 3.63) is 28.8 Å². The Morgan fingerprint density at radius 3 is 2.47 bits per heavy atom. The zero-order valence-corrected chi connectivity index (χ0v) is 22.6. The monoisotopic (exact) mass is 528 g/mol. The van der Waals surface area contributed by atoms with Crippen LogP contribution in [0, 0.1) is 18.8 Å². The van der Waals surface area contributed by atoms with Crippen molar-refractivity contribution in [1.82, 2.24) is 4.98 Å². The van der Waals surface area contributed by atoms with Gasteiger partial charge in [-0.1, -0.05) is 6.92 Å². The van der Waals surface area contributed by atoms with Gasteiger partial charge in [-0.25, -0.2) is 9.78 Å². The molecule has 0 bridgehead atoms. The maximum atomic E-state index is 13.6. The third-order valence-electron chi connectivity index (χ3n) is 6.76. The summed E-state index contributed by atoms with van der Waals surface area (Å²) in [7, 11) is 0. The molecule has 4 rings (SSSR count). The molecule has 0 aromatic carbocycles. The second kappa shape index (κ2) is 11.1. The fourth-order valence-corrected chi connectivity index (χ4v) is 6.40. The molecule has 192 valence electrons. The number of hydrogen-bond acceptors (Lipinski definition) is 7. The number of nitrogens with zero attached hydrogens (tertiary/aromatic N) is 3. The number of amides is 2. The molecule has 2 amide bonds. The predicted octanol–water partition coefficient (Wildman–Crippen LogP) is 5.47. The van der Waals surface area contributed by atoms with Gasteiger partial charge in [0.2, 0.25) is 5.91 Å². The fourth-order valence-electron chi connectivity index (χ4n) is 4.69. The number of aromatic carboxylic acids is 1. The number of carbonyl (C=O) groups excluding carboxylic acids is 2. The van der Waals surface area contributed by atoms with E-state index in [1.54, 1.807) is 22.7 Å². The number of anilines is 2. The quantitative estimate of drug-likeness (QED) is 0.493. The number of thiophene rings is 1. The molecule has 3 heterocycles. The van der Waals surface area contributed by atoms with Crippen LogP contribution in [0.4, 0.5) is 11.5 Å². The number of pyridine rings is 1. The van der Waals surface area contributed by atoms with Crippen molar-refractivity contribution in [1.29, 1.82) is 0 Å². The van der Waals surface area contributed by atoms with E-state index in [1.165, 1.54) is 11.8 Å². The van der Waals surface area contributed by atoms with Gasteiger partial charge < -0.3 is 15.3 Å². The lowest BCUT2D eigenvalue weighted by Crippen LogP contribution is -2.42. The van der Waals surface area contributed by atoms with Crippen LogP contribution in [-0.2, 0) is 9.59 Å². The minimum absolute atomic E-state index is 0.00357. The smallest absolute Gasteiger partial charge is 0.348 e. The summed E-state index contributed by atoms with van der Waals surface area (Å²) in [5, 5.41) is 12.8. The number of nitrogens with one attached hydrogen (secondary N) is 1. The third kappa shape index (κ3) is 5.64. The lowest BCUT2D eigenvalue weighted by Gasteiger charge is -2.33. The fraction of sp³-hybridized carbons (Fsp3) is 0.500. The molecule has 2 N–H and O–H groups in total. The minimum Gasteiger partial charge on any atom is -0.477 e. The van der Waals surface area contributed by atoms with Gasteiger partial charge in [0.15, 0.2) is 0 Å². The van der Waals surface area contributed by atoms with Crippen molar-refractivity contribution in [2.45, 2.75) is 65.5 Å². The van der Waals surface area contributed by atoms with Gasteiger partial charge in [-0.15, -0.1) is 23.1 Å². The van der Waals surface area contributed by atoms with Crippen molar-refractivity contribution in [3.63, 3.8) is 0 Å². The molecule has 1 saturated carbocycles. The van der Waals surface area contributed by atoms with Crippen LogP contribution in [-0.4, -0.2) is 51.3 Å². The number of hydrogen-bond donors (Lipinski definition) is 2. The average Bonchev–Trinajstić information content (AvgIpc) is 3.51. The van der Waals surface area contributed by atoms with E-state index in [1.807, 2.05) is 26.8 Å². The molecule has 8 nitrogen and oxygen atoms in total. The molecule has 0 radical (unpaired) electrons. The highest BCUT2D eigenvalue weighted by molar-refractivity contribution is 8.12. The summed E-state index contributed by atoms with van der Waals surface area (Å²) in [4.78, 5) is 49.3. The van der Waals surface area contributed by atoms with Crippen LogP contribution in [0.2, 0.25) is 0 Å². The summed E-state index contributed by atoms with van der Waals surface area (Å²) in [6.45, 7) is 7.90. The van der Waals surface area contributed by atoms with Crippen LogP contribution in [0.3, 0.4) is 0 Å². The highest BCUT2D eigenvalue weighted by Gasteiger charge is 2.33. The van der Waals surface area contributed by atoms with Gasteiger partial charge >= 0.3 is 5.97 Å². The first kappa shape index (κ1) is 26.3. The molecule has 2 aromatic heterocycles. The molecular weight excluding hydrogens is 496 g/mol. The number of thioether (sulfide) groups is 1. The van der Waals surface area contributed by atoms with E-state index >= 15 is 0 Å². The van der Waals surface area contributed by atoms with E-state index in [2.05, 4.69) is 22.2 Å². The molecule has 10 heteroatoms. The molecule has 2 aromatic rings. The van der Waals surface area contributed by atoms with Crippen LogP contribution >= 0.6 is 23.1 Å². The second-order valence-electron chi connectivity index (χ2n) is 9.87. The molecular formula is C26H32N4O4S2. The standard InChI is InChI=1S/C26H32N4O4S2/c1-14(2)30(25(32)17-7-5-15(3)6-8-17)20-10-21(36-22(20)26(33)34)18-9-16(4)23(27-11-18)29-24(31)19-12-35-13-28-19/h9-11,13-15,17,19H,5-8,12H2,1-4H3,(H,33,34)(H,27,29,31)/t15-,17-,19?. The van der Waals surface area contributed by atoms with Crippen molar-refractivity contribution in [2.24, 2.45) is 16.8 Å². The van der Waals surface area contributed by atoms with Crippen LogP contribution in [0.1, 0.15) is 61.7 Å². The number of aromatic nitrogens is 1. The predicted molar refractivity (Wildman–Crippen MR) is 146 cm³/mol. The molecule has 36 heavy (non-hydrogen) atoms. The van der Waals surface area contributed by atoms with E-state index < -0.39 is 12.0 Å². The van der Waals surface area contributed by atoms with E-state index in [4.69, 9.17) is 0 Å². The van der Waals surface area contributed by atoms with Gasteiger partial charge in [-0.05, 0) is 70.1 Å². The largest absolute Gasteiger partial charge is 0.477 e. The molecule has 1 unspecified atom stereocenters. The maximum Gasteiger partial charge on any atom is 0.348 e. The number of carboxylic acid groups (broad SMARTS) is 1. The van der Waals surface area contributed by atoms with Crippen LogP contribution in [0.15, 0.2) is 23.3 Å². The summed E-state index contributed by atoms with van der Waals surface area (Å²) < 4.78 is 0. The SMILES string of the molecule is Cc1cc(-c2cc(N(C(=O)[C@H]3CC[C@H](C)CC3)C(C)C)c(C(=O)O)s2)cnc1NC(=O)C1CSC=N1. The van der Waals surface area contributed by atoms with Gasteiger partial charge in [0, 0.05) is 34.4 Å². The van der Waals surface area contributed by atoms with Gasteiger partial charge in [-0.3, -0.25) is 14.6 Å². The molecule has 1 aliphatic heterocycles. The lowest BCUT2D eigenvalue weighted by molar-refractivity contribution is -0.124. The first-order chi connectivity index (χ1) is 17.2. The normalized spacial score (nSPS) is 21.5. The van der Waals surface area contributed by atoms with Gasteiger partial charge in [-0.2, -0.15) is 0 Å². The summed E-state index contributed by atoms with van der Waals surface area (Å²) in [6, 6.07) is 3.07. The molecule has 2 aliphatic rings. The van der Waals surface area contributed by atoms with Crippen LogP contribution in [0.25, 0.3) is 10.4 Å². The Balaban J connectivity index is 1.61. The second-order valence-corrected chi connectivity index (χ2v) is 11.8. The molecule has 0 spiro atoms. The zero-order chi connectivity index (χ0) is 26.0. The van der Waals surface area contributed by atoms with Crippen LogP contribution < -0.4 is 10.2 Å². The highest BCUT2D eigenvalue weighted by atomic mass is 32.2. The lowest BCUT2D eigenvalue weighted by atomic mass is 9.82. The summed E-state index contributed by atoms with van der Waals surface area (Å²) in [6.07, 6.45) is 5.33. The number of rotatable bonds is 7. The number of carbonyl (C=O) groups is 3. The minimum atomic E-state index is -1.06. The van der Waals surface area contributed by atoms with E-state index in [0.717, 1.165) is 48.1 Å². The maximum absolute atomic E-state index is 13.6. The Kier molecular flexibility index (Phi) is 8.14. The molecule has 1 atom stereocenters. The zero-order valence-electron chi connectivity index (χ0n) is 21.0. The Labute approximate surface area is 219 Å². The van der Waals surface area contributed by atoms with E-state index in [-0.39, 0.29) is 28.7 Å². The molecule has 1 aliphatic carbocycles. The Morgan fingerprint density at radius 1 is 1.17 bits per heavy atom. The first-order valence-corrected chi connectivity index (χ1v) is 14.1. The summed E-state index contributed by atoms with van der Waals surface area (Å²) >= 11 is 2.64. The Hall–Kier alpha value is -2.72. The number of aryl methyl sites for hydroxylation is 1. The summed E-state index contributed by atoms with van der Waals surface area (Å²) in [5.41, 5.74) is 3.62. The van der Waals surface area contributed by atoms with E-state index in [9.17, 15) is 19.5 Å². The van der Waals surface area contributed by atoms with Gasteiger partial charge in [0.05, 0.1) is 11.2 Å². The Morgan fingerprint density at radius 2 is 1.89 bits per heavy atom. The first-order valence-electron chi connectivity index (χ1n) is 12.3. The van der Waals surface area contributed by atoms with Crippen molar-refractivity contribution in [3.8, 4) is 10.4 Å². The number of aliphatic imine (C=N–C) groups is 1. The Bertz CT molecular complexity index is 1180. The molecule has 0 saturated heterocycles. The topological polar surface area (TPSA) is 112 Å². The molecule has 1 fully saturated rings.